The number of hydrogen-bond donors (Lipinski definition) is 2. The zero-order valence-corrected chi connectivity index (χ0v) is 11.9. The second kappa shape index (κ2) is 7.28. The molecule has 2 N–H and O–H groups in total. The van der Waals surface area contributed by atoms with Crippen LogP contribution in [0.15, 0.2) is 24.3 Å². The highest BCUT2D eigenvalue weighted by Gasteiger charge is 2.31. The first-order valence-electron chi connectivity index (χ1n) is 7.21. The van der Waals surface area contributed by atoms with Crippen LogP contribution in [0.3, 0.4) is 0 Å². The van der Waals surface area contributed by atoms with Crippen molar-refractivity contribution in [1.29, 1.82) is 5.26 Å². The summed E-state index contributed by atoms with van der Waals surface area (Å²) in [5, 5.41) is 21.2. The van der Waals surface area contributed by atoms with Crippen molar-refractivity contribution >= 4 is 0 Å². The topological polar surface area (TPSA) is 65.3 Å². The minimum Gasteiger partial charge on any atom is -0.479 e. The van der Waals surface area contributed by atoms with Gasteiger partial charge in [0.25, 0.3) is 0 Å². The summed E-state index contributed by atoms with van der Waals surface area (Å²) in [6.07, 6.45) is 3.36. The number of nitrogens with zero attached hydrogens (tertiary/aromatic N) is 1. The van der Waals surface area contributed by atoms with Gasteiger partial charge in [0.15, 0.2) is 6.61 Å². The predicted octanol–water partition coefficient (Wildman–Crippen LogP) is 2.40. The first kappa shape index (κ1) is 14.8. The van der Waals surface area contributed by atoms with E-state index in [0.717, 1.165) is 18.1 Å². The van der Waals surface area contributed by atoms with Gasteiger partial charge >= 0.3 is 0 Å². The number of aliphatic hydroxyl groups excluding tert-OH is 1. The van der Waals surface area contributed by atoms with E-state index in [1.807, 2.05) is 30.3 Å². The average molecular weight is 274 g/mol. The number of aliphatic hydroxyl groups is 1. The van der Waals surface area contributed by atoms with E-state index in [9.17, 15) is 0 Å². The number of hydrogen-bond acceptors (Lipinski definition) is 4. The Kier molecular flexibility index (Phi) is 5.40. The Morgan fingerprint density at radius 2 is 2.10 bits per heavy atom. The van der Waals surface area contributed by atoms with Gasteiger partial charge < -0.3 is 15.2 Å². The van der Waals surface area contributed by atoms with Crippen LogP contribution in [0.5, 0.6) is 5.75 Å². The molecule has 1 aromatic rings. The molecule has 2 atom stereocenters. The highest BCUT2D eigenvalue weighted by Crippen LogP contribution is 2.35. The fourth-order valence-electron chi connectivity index (χ4n) is 2.48. The molecule has 1 aliphatic carbocycles. The lowest BCUT2D eigenvalue weighted by Gasteiger charge is -2.23. The Balaban J connectivity index is 1.90. The highest BCUT2D eigenvalue weighted by atomic mass is 16.5. The van der Waals surface area contributed by atoms with E-state index in [1.54, 1.807) is 0 Å². The van der Waals surface area contributed by atoms with Crippen molar-refractivity contribution in [3.8, 4) is 11.8 Å². The van der Waals surface area contributed by atoms with Crippen LogP contribution in [0, 0.1) is 17.2 Å². The molecule has 0 radical (unpaired) electrons. The van der Waals surface area contributed by atoms with Crippen LogP contribution in [0.2, 0.25) is 0 Å². The standard InChI is InChI=1S/C16H22N2O2/c1-12(18-16(8-10-19)14-2-3-14)13-4-6-15(7-5-13)20-11-9-17/h4-7,12,14,16,18-19H,2-3,8,10-11H2,1H3. The molecule has 4 nitrogen and oxygen atoms in total. The summed E-state index contributed by atoms with van der Waals surface area (Å²) in [4.78, 5) is 0. The fourth-order valence-corrected chi connectivity index (χ4v) is 2.48. The van der Waals surface area contributed by atoms with Crippen LogP contribution < -0.4 is 10.1 Å². The Bertz CT molecular complexity index is 449. The molecule has 0 saturated heterocycles. The van der Waals surface area contributed by atoms with Crippen LogP contribution in [0.1, 0.15) is 37.8 Å². The first-order chi connectivity index (χ1) is 9.74. The third-order valence-electron chi connectivity index (χ3n) is 3.78. The van der Waals surface area contributed by atoms with Crippen molar-refractivity contribution < 1.29 is 9.84 Å². The maximum absolute atomic E-state index is 9.13. The smallest absolute Gasteiger partial charge is 0.174 e. The summed E-state index contributed by atoms with van der Waals surface area (Å²) in [7, 11) is 0. The minimum absolute atomic E-state index is 0.0768. The van der Waals surface area contributed by atoms with Crippen molar-refractivity contribution in [3.05, 3.63) is 29.8 Å². The lowest BCUT2D eigenvalue weighted by atomic mass is 10.0. The SMILES string of the molecule is CC(NC(CCO)C1CC1)c1ccc(OCC#N)cc1. The van der Waals surface area contributed by atoms with Gasteiger partial charge in [-0.25, -0.2) is 0 Å². The van der Waals surface area contributed by atoms with Crippen molar-refractivity contribution in [1.82, 2.24) is 5.32 Å². The normalized spacial score (nSPS) is 17.2. The molecule has 2 unspecified atom stereocenters. The van der Waals surface area contributed by atoms with E-state index in [1.165, 1.54) is 18.4 Å². The molecule has 20 heavy (non-hydrogen) atoms. The van der Waals surface area contributed by atoms with Crippen LogP contribution in [0.25, 0.3) is 0 Å². The lowest BCUT2D eigenvalue weighted by Crippen LogP contribution is -2.34. The van der Waals surface area contributed by atoms with E-state index in [-0.39, 0.29) is 19.3 Å². The fraction of sp³-hybridized carbons (Fsp3) is 0.562. The molecule has 1 fully saturated rings. The van der Waals surface area contributed by atoms with Gasteiger partial charge in [-0.3, -0.25) is 0 Å². The molecular weight excluding hydrogens is 252 g/mol. The second-order valence-corrected chi connectivity index (χ2v) is 5.36. The second-order valence-electron chi connectivity index (χ2n) is 5.36. The minimum atomic E-state index is 0.0768. The summed E-state index contributed by atoms with van der Waals surface area (Å²) in [6, 6.07) is 10.4. The zero-order chi connectivity index (χ0) is 14.4. The Morgan fingerprint density at radius 3 is 2.65 bits per heavy atom. The van der Waals surface area contributed by atoms with Crippen LogP contribution in [-0.2, 0) is 0 Å². The molecule has 0 aliphatic heterocycles. The molecule has 0 spiro atoms. The highest BCUT2D eigenvalue weighted by molar-refractivity contribution is 5.29. The summed E-state index contributed by atoms with van der Waals surface area (Å²) in [6.45, 7) is 2.45. The van der Waals surface area contributed by atoms with E-state index in [4.69, 9.17) is 15.1 Å². The summed E-state index contributed by atoms with van der Waals surface area (Å²) < 4.78 is 5.24. The van der Waals surface area contributed by atoms with E-state index in [2.05, 4.69) is 12.2 Å². The maximum atomic E-state index is 9.13. The predicted molar refractivity (Wildman–Crippen MR) is 77.3 cm³/mol. The zero-order valence-electron chi connectivity index (χ0n) is 11.9. The Hall–Kier alpha value is -1.57. The molecule has 0 amide bonds. The molecule has 1 aromatic carbocycles. The van der Waals surface area contributed by atoms with Crippen molar-refractivity contribution in [2.45, 2.75) is 38.3 Å². The van der Waals surface area contributed by atoms with Gasteiger partial charge in [-0.1, -0.05) is 12.1 Å². The van der Waals surface area contributed by atoms with E-state index >= 15 is 0 Å². The molecule has 4 heteroatoms. The molecular formula is C16H22N2O2. The summed E-state index contributed by atoms with van der Waals surface area (Å²) in [5.74, 6) is 1.44. The number of nitrogens with one attached hydrogen (secondary N) is 1. The van der Waals surface area contributed by atoms with Gasteiger partial charge in [-0.15, -0.1) is 0 Å². The third kappa shape index (κ3) is 4.22. The molecule has 1 saturated carbocycles. The number of nitriles is 1. The molecule has 0 heterocycles. The molecule has 108 valence electrons. The Morgan fingerprint density at radius 1 is 1.40 bits per heavy atom. The number of rotatable bonds is 8. The van der Waals surface area contributed by atoms with Crippen LogP contribution in [0.4, 0.5) is 0 Å². The third-order valence-corrected chi connectivity index (χ3v) is 3.78. The van der Waals surface area contributed by atoms with E-state index in [0.29, 0.717) is 6.04 Å². The van der Waals surface area contributed by atoms with Crippen molar-refractivity contribution in [2.24, 2.45) is 5.92 Å². The summed E-state index contributed by atoms with van der Waals surface area (Å²) >= 11 is 0. The monoisotopic (exact) mass is 274 g/mol. The maximum Gasteiger partial charge on any atom is 0.174 e. The average Bonchev–Trinajstić information content (AvgIpc) is 3.29. The van der Waals surface area contributed by atoms with Gasteiger partial charge in [0.1, 0.15) is 11.8 Å². The van der Waals surface area contributed by atoms with Crippen LogP contribution >= 0.6 is 0 Å². The lowest BCUT2D eigenvalue weighted by molar-refractivity contribution is 0.250. The van der Waals surface area contributed by atoms with Gasteiger partial charge in [-0.2, -0.15) is 5.26 Å². The summed E-state index contributed by atoms with van der Waals surface area (Å²) in [5.41, 5.74) is 1.19. The van der Waals surface area contributed by atoms with Gasteiger partial charge in [0, 0.05) is 18.7 Å². The molecule has 1 aliphatic rings. The number of benzene rings is 1. The van der Waals surface area contributed by atoms with Crippen molar-refractivity contribution in [3.63, 3.8) is 0 Å². The molecule has 0 bridgehead atoms. The van der Waals surface area contributed by atoms with Gasteiger partial charge in [0.2, 0.25) is 0 Å². The molecule has 0 aromatic heterocycles. The molecule has 2 rings (SSSR count). The van der Waals surface area contributed by atoms with Gasteiger partial charge in [-0.05, 0) is 49.8 Å². The van der Waals surface area contributed by atoms with Crippen LogP contribution in [-0.4, -0.2) is 24.4 Å². The quantitative estimate of drug-likeness (QED) is 0.764. The Labute approximate surface area is 120 Å². The number of ether oxygens (including phenoxy) is 1. The van der Waals surface area contributed by atoms with Crippen molar-refractivity contribution in [2.75, 3.05) is 13.2 Å². The largest absolute Gasteiger partial charge is 0.479 e. The first-order valence-corrected chi connectivity index (χ1v) is 7.21. The van der Waals surface area contributed by atoms with E-state index < -0.39 is 0 Å². The van der Waals surface area contributed by atoms with Gasteiger partial charge in [0.05, 0.1) is 0 Å².